The van der Waals surface area contributed by atoms with E-state index in [1.54, 1.807) is 31.3 Å². The number of nitrogen functional groups attached to an aromatic ring is 1. The minimum Gasteiger partial charge on any atom is -0.399 e. The maximum atomic E-state index is 12.1. The van der Waals surface area contributed by atoms with Gasteiger partial charge in [-0.25, -0.2) is 0 Å². The standard InChI is InChI=1S/C14H19N3O2/c1-16(10-13(18)17-8-2-3-9-17)14(19)11-4-6-12(15)7-5-11/h4-7H,2-3,8-10,15H2,1H3. The highest BCUT2D eigenvalue weighted by Gasteiger charge is 2.21. The van der Waals surface area contributed by atoms with Crippen molar-refractivity contribution in [1.82, 2.24) is 9.80 Å². The zero-order chi connectivity index (χ0) is 13.8. The van der Waals surface area contributed by atoms with E-state index in [0.29, 0.717) is 11.3 Å². The second-order valence-corrected chi connectivity index (χ2v) is 4.87. The minimum atomic E-state index is -0.160. The predicted octanol–water partition coefficient (Wildman–Crippen LogP) is 0.963. The Kier molecular flexibility index (Phi) is 4.04. The van der Waals surface area contributed by atoms with E-state index < -0.39 is 0 Å². The van der Waals surface area contributed by atoms with Crippen LogP contribution in [0.2, 0.25) is 0 Å². The highest BCUT2D eigenvalue weighted by atomic mass is 16.2. The summed E-state index contributed by atoms with van der Waals surface area (Å²) in [5.41, 5.74) is 6.75. The van der Waals surface area contributed by atoms with Gasteiger partial charge in [0.15, 0.2) is 0 Å². The Labute approximate surface area is 113 Å². The van der Waals surface area contributed by atoms with Gasteiger partial charge in [0.25, 0.3) is 5.91 Å². The van der Waals surface area contributed by atoms with Gasteiger partial charge in [-0.3, -0.25) is 9.59 Å². The average molecular weight is 261 g/mol. The fourth-order valence-corrected chi connectivity index (χ4v) is 2.19. The van der Waals surface area contributed by atoms with Gasteiger partial charge in [0, 0.05) is 31.4 Å². The van der Waals surface area contributed by atoms with Crippen molar-refractivity contribution in [3.63, 3.8) is 0 Å². The Morgan fingerprint density at radius 1 is 1.21 bits per heavy atom. The first-order chi connectivity index (χ1) is 9.08. The van der Waals surface area contributed by atoms with Gasteiger partial charge in [-0.1, -0.05) is 0 Å². The molecule has 5 nitrogen and oxygen atoms in total. The van der Waals surface area contributed by atoms with Crippen molar-refractivity contribution < 1.29 is 9.59 Å². The fraction of sp³-hybridized carbons (Fsp3) is 0.429. The molecular formula is C14H19N3O2. The van der Waals surface area contributed by atoms with Gasteiger partial charge >= 0.3 is 0 Å². The number of benzene rings is 1. The van der Waals surface area contributed by atoms with Gasteiger partial charge in [-0.2, -0.15) is 0 Å². The molecule has 5 heteroatoms. The molecule has 1 aromatic carbocycles. The van der Waals surface area contributed by atoms with Crippen molar-refractivity contribution in [2.24, 2.45) is 0 Å². The Bertz CT molecular complexity index is 464. The van der Waals surface area contributed by atoms with Crippen molar-refractivity contribution in [3.8, 4) is 0 Å². The summed E-state index contributed by atoms with van der Waals surface area (Å²) in [6.07, 6.45) is 2.11. The first-order valence-electron chi connectivity index (χ1n) is 6.46. The van der Waals surface area contributed by atoms with Crippen LogP contribution in [0.25, 0.3) is 0 Å². The number of nitrogens with zero attached hydrogens (tertiary/aromatic N) is 2. The van der Waals surface area contributed by atoms with Crippen molar-refractivity contribution in [1.29, 1.82) is 0 Å². The van der Waals surface area contributed by atoms with Gasteiger partial charge < -0.3 is 15.5 Å². The lowest BCUT2D eigenvalue weighted by atomic mass is 10.2. The van der Waals surface area contributed by atoms with Gasteiger partial charge in [-0.05, 0) is 37.1 Å². The molecule has 0 bridgehead atoms. The number of nitrogens with two attached hydrogens (primary N) is 1. The molecule has 0 saturated carbocycles. The van der Waals surface area contributed by atoms with Crippen LogP contribution < -0.4 is 5.73 Å². The molecule has 2 amide bonds. The number of carbonyl (C=O) groups is 2. The molecule has 0 atom stereocenters. The molecule has 2 N–H and O–H groups in total. The number of anilines is 1. The van der Waals surface area contributed by atoms with Crippen molar-refractivity contribution >= 4 is 17.5 Å². The third-order valence-electron chi connectivity index (χ3n) is 3.34. The third-order valence-corrected chi connectivity index (χ3v) is 3.34. The molecule has 0 unspecified atom stereocenters. The molecule has 1 fully saturated rings. The van der Waals surface area contributed by atoms with Crippen molar-refractivity contribution in [2.75, 3.05) is 32.4 Å². The van der Waals surface area contributed by atoms with Crippen LogP contribution in [0.4, 0.5) is 5.69 Å². The molecule has 1 aliphatic rings. The number of carbonyl (C=O) groups excluding carboxylic acids is 2. The number of hydrogen-bond donors (Lipinski definition) is 1. The summed E-state index contributed by atoms with van der Waals surface area (Å²) in [4.78, 5) is 27.3. The molecule has 0 aliphatic carbocycles. The lowest BCUT2D eigenvalue weighted by Crippen LogP contribution is -2.39. The van der Waals surface area contributed by atoms with Crippen LogP contribution in [0.3, 0.4) is 0 Å². The predicted molar refractivity (Wildman–Crippen MR) is 73.6 cm³/mol. The zero-order valence-electron chi connectivity index (χ0n) is 11.1. The van der Waals surface area contributed by atoms with Gasteiger partial charge in [0.2, 0.25) is 5.91 Å². The Balaban J connectivity index is 1.95. The van der Waals surface area contributed by atoms with Crippen LogP contribution in [0.15, 0.2) is 24.3 Å². The van der Waals surface area contributed by atoms with E-state index in [1.807, 2.05) is 4.90 Å². The highest BCUT2D eigenvalue weighted by Crippen LogP contribution is 2.10. The Morgan fingerprint density at radius 2 is 1.79 bits per heavy atom. The van der Waals surface area contributed by atoms with Crippen LogP contribution in [-0.4, -0.2) is 48.3 Å². The Hall–Kier alpha value is -2.04. The lowest BCUT2D eigenvalue weighted by molar-refractivity contribution is -0.130. The summed E-state index contributed by atoms with van der Waals surface area (Å²) in [7, 11) is 1.65. The topological polar surface area (TPSA) is 66.6 Å². The minimum absolute atomic E-state index is 0.0174. The first-order valence-corrected chi connectivity index (χ1v) is 6.46. The maximum absolute atomic E-state index is 12.1. The second kappa shape index (κ2) is 5.73. The summed E-state index contributed by atoms with van der Waals surface area (Å²) < 4.78 is 0. The van der Waals surface area contributed by atoms with Crippen LogP contribution >= 0.6 is 0 Å². The van der Waals surface area contributed by atoms with Crippen LogP contribution in [-0.2, 0) is 4.79 Å². The largest absolute Gasteiger partial charge is 0.399 e. The number of hydrogen-bond acceptors (Lipinski definition) is 3. The second-order valence-electron chi connectivity index (χ2n) is 4.87. The summed E-state index contributed by atoms with van der Waals surface area (Å²) in [6, 6.07) is 6.72. The average Bonchev–Trinajstić information content (AvgIpc) is 2.92. The molecular weight excluding hydrogens is 242 g/mol. The molecule has 1 saturated heterocycles. The van der Waals surface area contributed by atoms with Gasteiger partial charge in [-0.15, -0.1) is 0 Å². The van der Waals surface area contributed by atoms with Gasteiger partial charge in [0.1, 0.15) is 0 Å². The molecule has 1 aromatic rings. The number of likely N-dealkylation sites (tertiary alicyclic amines) is 1. The third kappa shape index (κ3) is 3.24. The number of likely N-dealkylation sites (N-methyl/N-ethyl adjacent to an activating group) is 1. The van der Waals surface area contributed by atoms with Crippen molar-refractivity contribution in [2.45, 2.75) is 12.8 Å². The monoisotopic (exact) mass is 261 g/mol. The normalized spacial score (nSPS) is 14.5. The maximum Gasteiger partial charge on any atom is 0.254 e. The summed E-state index contributed by atoms with van der Waals surface area (Å²) in [5, 5.41) is 0. The van der Waals surface area contributed by atoms with Crippen molar-refractivity contribution in [3.05, 3.63) is 29.8 Å². The molecule has 102 valence electrons. The molecule has 1 heterocycles. The van der Waals surface area contributed by atoms with Gasteiger partial charge in [0.05, 0.1) is 6.54 Å². The van der Waals surface area contributed by atoms with E-state index in [0.717, 1.165) is 25.9 Å². The number of rotatable bonds is 3. The molecule has 0 radical (unpaired) electrons. The Morgan fingerprint density at radius 3 is 2.37 bits per heavy atom. The number of amides is 2. The smallest absolute Gasteiger partial charge is 0.254 e. The van der Waals surface area contributed by atoms with E-state index in [1.165, 1.54) is 4.90 Å². The van der Waals surface area contributed by atoms with Crippen LogP contribution in [0.1, 0.15) is 23.2 Å². The molecule has 1 aliphatic heterocycles. The first kappa shape index (κ1) is 13.4. The quantitative estimate of drug-likeness (QED) is 0.824. The molecule has 0 aromatic heterocycles. The molecule has 0 spiro atoms. The van der Waals surface area contributed by atoms with E-state index in [4.69, 9.17) is 5.73 Å². The SMILES string of the molecule is CN(CC(=O)N1CCCC1)C(=O)c1ccc(N)cc1. The summed E-state index contributed by atoms with van der Waals surface area (Å²) in [5.74, 6) is -0.142. The fourth-order valence-electron chi connectivity index (χ4n) is 2.19. The van der Waals surface area contributed by atoms with E-state index in [2.05, 4.69) is 0 Å². The van der Waals surface area contributed by atoms with Crippen LogP contribution in [0.5, 0.6) is 0 Å². The zero-order valence-corrected chi connectivity index (χ0v) is 11.1. The van der Waals surface area contributed by atoms with E-state index in [-0.39, 0.29) is 18.4 Å². The van der Waals surface area contributed by atoms with E-state index >= 15 is 0 Å². The van der Waals surface area contributed by atoms with E-state index in [9.17, 15) is 9.59 Å². The lowest BCUT2D eigenvalue weighted by Gasteiger charge is -2.21. The van der Waals surface area contributed by atoms with Crippen LogP contribution in [0, 0.1) is 0 Å². The highest BCUT2D eigenvalue weighted by molar-refractivity contribution is 5.96. The summed E-state index contributed by atoms with van der Waals surface area (Å²) in [6.45, 7) is 1.74. The molecule has 19 heavy (non-hydrogen) atoms. The molecule has 2 rings (SSSR count). The summed E-state index contributed by atoms with van der Waals surface area (Å²) >= 11 is 0.